The number of nitrogens with one attached hydrogen (secondary N) is 2. The van der Waals surface area contributed by atoms with Gasteiger partial charge >= 0.3 is 0 Å². The van der Waals surface area contributed by atoms with Crippen LogP contribution in [0.5, 0.6) is 0 Å². The van der Waals surface area contributed by atoms with Gasteiger partial charge in [0.1, 0.15) is 0 Å². The second-order valence-electron chi connectivity index (χ2n) is 7.87. The second-order valence-corrected chi connectivity index (χ2v) is 7.87. The molecule has 0 unspecified atom stereocenters. The van der Waals surface area contributed by atoms with Crippen LogP contribution < -0.4 is 16.4 Å². The van der Waals surface area contributed by atoms with Crippen LogP contribution in [0.15, 0.2) is 48.7 Å². The molecule has 1 saturated carbocycles. The molecule has 4 N–H and O–H groups in total. The van der Waals surface area contributed by atoms with Crippen molar-refractivity contribution in [3.63, 3.8) is 0 Å². The Morgan fingerprint density at radius 2 is 1.79 bits per heavy atom. The van der Waals surface area contributed by atoms with Crippen LogP contribution in [0.25, 0.3) is 10.9 Å². The molecule has 0 radical (unpaired) electrons. The minimum Gasteiger partial charge on any atom is -0.349 e. The van der Waals surface area contributed by atoms with Crippen LogP contribution in [0, 0.1) is 0 Å². The van der Waals surface area contributed by atoms with Crippen LogP contribution in [0.4, 0.5) is 5.69 Å². The number of hydrogen-bond donors (Lipinski definition) is 3. The SMILES string of the molecule is CC(C)n1ccc2ccc(C(=O)Nc3cc(C(=O)NC4CC4)ccc3CN)cc21. The molecule has 0 atom stereocenters. The van der Waals surface area contributed by atoms with Crippen molar-refractivity contribution in [2.45, 2.75) is 45.3 Å². The number of carbonyl (C=O) groups is 2. The maximum Gasteiger partial charge on any atom is 0.255 e. The molecular formula is C23H26N4O2. The number of carbonyl (C=O) groups excluding carboxylic acids is 2. The van der Waals surface area contributed by atoms with Crippen LogP contribution >= 0.6 is 0 Å². The first-order valence-electron chi connectivity index (χ1n) is 10.0. The van der Waals surface area contributed by atoms with Gasteiger partial charge in [0.2, 0.25) is 0 Å². The van der Waals surface area contributed by atoms with E-state index in [9.17, 15) is 9.59 Å². The van der Waals surface area contributed by atoms with Crippen molar-refractivity contribution in [3.05, 3.63) is 65.4 Å². The first-order chi connectivity index (χ1) is 14.0. The first-order valence-corrected chi connectivity index (χ1v) is 10.0. The van der Waals surface area contributed by atoms with Gasteiger partial charge in [0.05, 0.1) is 0 Å². The van der Waals surface area contributed by atoms with E-state index in [1.165, 1.54) is 0 Å². The number of fused-ring (bicyclic) bond motifs is 1. The molecule has 1 aliphatic rings. The van der Waals surface area contributed by atoms with E-state index in [0.717, 1.165) is 29.3 Å². The maximum absolute atomic E-state index is 12.9. The molecule has 0 saturated heterocycles. The van der Waals surface area contributed by atoms with E-state index in [0.29, 0.717) is 22.9 Å². The summed E-state index contributed by atoms with van der Waals surface area (Å²) in [6.45, 7) is 4.49. The highest BCUT2D eigenvalue weighted by Gasteiger charge is 2.24. The van der Waals surface area contributed by atoms with Crippen molar-refractivity contribution in [1.82, 2.24) is 9.88 Å². The molecule has 150 valence electrons. The topological polar surface area (TPSA) is 89.2 Å². The molecule has 0 spiro atoms. The molecule has 3 aromatic rings. The lowest BCUT2D eigenvalue weighted by molar-refractivity contribution is 0.0949. The van der Waals surface area contributed by atoms with Gasteiger partial charge in [-0.1, -0.05) is 12.1 Å². The molecule has 2 amide bonds. The third-order valence-electron chi connectivity index (χ3n) is 5.29. The summed E-state index contributed by atoms with van der Waals surface area (Å²) in [5.74, 6) is -0.347. The predicted octanol–water partition coefficient (Wildman–Crippen LogP) is 3.83. The van der Waals surface area contributed by atoms with Gasteiger partial charge in [-0.2, -0.15) is 0 Å². The van der Waals surface area contributed by atoms with E-state index >= 15 is 0 Å². The average molecular weight is 390 g/mol. The van der Waals surface area contributed by atoms with Crippen molar-refractivity contribution in [1.29, 1.82) is 0 Å². The zero-order chi connectivity index (χ0) is 20.5. The van der Waals surface area contributed by atoms with Gasteiger partial charge in [-0.05, 0) is 68.0 Å². The summed E-state index contributed by atoms with van der Waals surface area (Å²) in [5.41, 5.74) is 9.30. The molecule has 1 fully saturated rings. The Balaban J connectivity index is 1.60. The van der Waals surface area contributed by atoms with E-state index in [4.69, 9.17) is 5.73 Å². The summed E-state index contributed by atoms with van der Waals surface area (Å²) in [4.78, 5) is 25.3. The Morgan fingerprint density at radius 3 is 2.48 bits per heavy atom. The lowest BCUT2D eigenvalue weighted by atomic mass is 10.1. The predicted molar refractivity (Wildman–Crippen MR) is 115 cm³/mol. The summed E-state index contributed by atoms with van der Waals surface area (Å²) in [6, 6.07) is 13.5. The molecule has 29 heavy (non-hydrogen) atoms. The Labute approximate surface area is 170 Å². The molecule has 1 heterocycles. The maximum atomic E-state index is 12.9. The minimum atomic E-state index is -0.224. The molecule has 0 bridgehead atoms. The number of rotatable bonds is 6. The quantitative estimate of drug-likeness (QED) is 0.598. The summed E-state index contributed by atoms with van der Waals surface area (Å²) in [5, 5.41) is 7.00. The fraction of sp³-hybridized carbons (Fsp3) is 0.304. The van der Waals surface area contributed by atoms with Crippen LogP contribution in [0.3, 0.4) is 0 Å². The van der Waals surface area contributed by atoms with Gasteiger partial charge in [0.15, 0.2) is 0 Å². The number of anilines is 1. The van der Waals surface area contributed by atoms with Crippen LogP contribution in [-0.2, 0) is 6.54 Å². The summed E-state index contributed by atoms with van der Waals surface area (Å²) in [7, 11) is 0. The summed E-state index contributed by atoms with van der Waals surface area (Å²) in [6.07, 6.45) is 4.08. The zero-order valence-corrected chi connectivity index (χ0v) is 16.7. The smallest absolute Gasteiger partial charge is 0.255 e. The third kappa shape index (κ3) is 4.03. The third-order valence-corrected chi connectivity index (χ3v) is 5.29. The molecule has 1 aromatic heterocycles. The highest BCUT2D eigenvalue weighted by atomic mass is 16.2. The van der Waals surface area contributed by atoms with Gasteiger partial charge in [0.25, 0.3) is 11.8 Å². The first kappa shape index (κ1) is 19.2. The fourth-order valence-electron chi connectivity index (χ4n) is 3.44. The molecule has 0 aliphatic heterocycles. The lowest BCUT2D eigenvalue weighted by Gasteiger charge is -2.13. The summed E-state index contributed by atoms with van der Waals surface area (Å²) < 4.78 is 2.14. The van der Waals surface area contributed by atoms with Crippen LogP contribution in [-0.4, -0.2) is 22.4 Å². The Hall–Kier alpha value is -3.12. The van der Waals surface area contributed by atoms with Crippen molar-refractivity contribution >= 4 is 28.4 Å². The molecule has 6 heteroatoms. The highest BCUT2D eigenvalue weighted by Crippen LogP contribution is 2.24. The van der Waals surface area contributed by atoms with Crippen molar-refractivity contribution in [2.75, 3.05) is 5.32 Å². The number of benzene rings is 2. The average Bonchev–Trinajstić information content (AvgIpc) is 3.42. The van der Waals surface area contributed by atoms with Gasteiger partial charge < -0.3 is 20.9 Å². The Kier molecular flexibility index (Phi) is 5.11. The number of hydrogen-bond acceptors (Lipinski definition) is 3. The Morgan fingerprint density at radius 1 is 1.07 bits per heavy atom. The van der Waals surface area contributed by atoms with Crippen molar-refractivity contribution in [3.8, 4) is 0 Å². The number of amides is 2. The standard InChI is InChI=1S/C23H26N4O2/c1-14(2)27-10-9-15-3-4-17(12-21(15)27)23(29)26-20-11-16(5-6-18(20)13-24)22(28)25-19-7-8-19/h3-6,9-12,14,19H,7-8,13,24H2,1-2H3,(H,25,28)(H,26,29). The fourth-order valence-corrected chi connectivity index (χ4v) is 3.44. The molecule has 4 rings (SSSR count). The number of aromatic nitrogens is 1. The van der Waals surface area contributed by atoms with E-state index < -0.39 is 0 Å². The van der Waals surface area contributed by atoms with Crippen molar-refractivity contribution < 1.29 is 9.59 Å². The molecule has 6 nitrogen and oxygen atoms in total. The van der Waals surface area contributed by atoms with Crippen LogP contribution in [0.1, 0.15) is 59.0 Å². The monoisotopic (exact) mass is 390 g/mol. The minimum absolute atomic E-state index is 0.122. The van der Waals surface area contributed by atoms with E-state index in [-0.39, 0.29) is 24.4 Å². The largest absolute Gasteiger partial charge is 0.349 e. The van der Waals surface area contributed by atoms with E-state index in [1.807, 2.05) is 30.5 Å². The van der Waals surface area contributed by atoms with E-state index in [2.05, 4.69) is 29.0 Å². The zero-order valence-electron chi connectivity index (χ0n) is 16.7. The lowest BCUT2D eigenvalue weighted by Crippen LogP contribution is -2.25. The highest BCUT2D eigenvalue weighted by molar-refractivity contribution is 6.07. The van der Waals surface area contributed by atoms with Gasteiger partial charge in [-0.3, -0.25) is 9.59 Å². The van der Waals surface area contributed by atoms with Gasteiger partial charge in [-0.25, -0.2) is 0 Å². The van der Waals surface area contributed by atoms with Gasteiger partial charge in [-0.15, -0.1) is 0 Å². The molecular weight excluding hydrogens is 364 g/mol. The normalized spacial score (nSPS) is 13.7. The molecule has 1 aliphatic carbocycles. The van der Waals surface area contributed by atoms with Crippen LogP contribution in [0.2, 0.25) is 0 Å². The number of nitrogens with two attached hydrogens (primary N) is 1. The second kappa shape index (κ2) is 7.72. The van der Waals surface area contributed by atoms with Crippen molar-refractivity contribution in [2.24, 2.45) is 5.73 Å². The number of nitrogens with zero attached hydrogens (tertiary/aromatic N) is 1. The molecule has 2 aromatic carbocycles. The van der Waals surface area contributed by atoms with E-state index in [1.54, 1.807) is 18.2 Å². The van der Waals surface area contributed by atoms with Gasteiger partial charge in [0, 0.05) is 47.2 Å². The Bertz CT molecular complexity index is 1080. The summed E-state index contributed by atoms with van der Waals surface area (Å²) >= 11 is 0.